The van der Waals surface area contributed by atoms with Gasteiger partial charge in [0, 0.05) is 17.1 Å². The third-order valence-corrected chi connectivity index (χ3v) is 6.55. The van der Waals surface area contributed by atoms with Crippen molar-refractivity contribution in [1.29, 1.82) is 0 Å². The summed E-state index contributed by atoms with van der Waals surface area (Å²) >= 11 is 3.24. The Labute approximate surface area is 172 Å². The highest BCUT2D eigenvalue weighted by molar-refractivity contribution is 7.98. The zero-order valence-corrected chi connectivity index (χ0v) is 17.5. The van der Waals surface area contributed by atoms with Gasteiger partial charge in [-0.2, -0.15) is 0 Å². The van der Waals surface area contributed by atoms with E-state index in [0.717, 1.165) is 29.7 Å². The number of fused-ring (bicyclic) bond motifs is 1. The number of carbonyl (C=O) groups is 1. The Balaban J connectivity index is 1.71. The number of rotatable bonds is 6. The summed E-state index contributed by atoms with van der Waals surface area (Å²) < 4.78 is 12.2. The molecular weight excluding hydrogens is 392 g/mol. The molecule has 1 amide bonds. The molecule has 0 aliphatic carbocycles. The van der Waals surface area contributed by atoms with E-state index < -0.39 is 0 Å². The van der Waals surface area contributed by atoms with Crippen molar-refractivity contribution in [3.63, 3.8) is 0 Å². The van der Waals surface area contributed by atoms with Crippen LogP contribution in [0.3, 0.4) is 0 Å². The summed E-state index contributed by atoms with van der Waals surface area (Å²) in [7, 11) is 1.60. The van der Waals surface area contributed by atoms with E-state index in [1.807, 2.05) is 24.3 Å². The van der Waals surface area contributed by atoms with Gasteiger partial charge < -0.3 is 9.47 Å². The predicted octanol–water partition coefficient (Wildman–Crippen LogP) is 4.85. The lowest BCUT2D eigenvalue weighted by Crippen LogP contribution is -2.37. The van der Waals surface area contributed by atoms with Gasteiger partial charge in [-0.05, 0) is 55.5 Å². The number of thioether (sulfide) groups is 1. The van der Waals surface area contributed by atoms with Gasteiger partial charge in [0.1, 0.15) is 5.75 Å². The van der Waals surface area contributed by atoms with Gasteiger partial charge in [0.15, 0.2) is 5.13 Å². The molecule has 1 fully saturated rings. The molecule has 28 heavy (non-hydrogen) atoms. The van der Waals surface area contributed by atoms with Crippen LogP contribution in [0.4, 0.5) is 5.13 Å². The maximum atomic E-state index is 13.4. The van der Waals surface area contributed by atoms with Crippen LogP contribution in [0.25, 0.3) is 10.2 Å². The summed E-state index contributed by atoms with van der Waals surface area (Å²) in [6.07, 6.45) is 4.09. The molecule has 0 spiro atoms. The molecule has 2 heterocycles. The molecule has 0 bridgehead atoms. The maximum Gasteiger partial charge on any atom is 0.260 e. The highest BCUT2D eigenvalue weighted by atomic mass is 32.2. The topological polar surface area (TPSA) is 51.7 Å². The third kappa shape index (κ3) is 4.01. The van der Waals surface area contributed by atoms with E-state index >= 15 is 0 Å². The molecule has 5 nitrogen and oxygen atoms in total. The lowest BCUT2D eigenvalue weighted by Gasteiger charge is -2.23. The number of hydrogen-bond acceptors (Lipinski definition) is 6. The summed E-state index contributed by atoms with van der Waals surface area (Å²) in [5.41, 5.74) is 1.50. The Morgan fingerprint density at radius 2 is 2.25 bits per heavy atom. The van der Waals surface area contributed by atoms with Gasteiger partial charge in [-0.15, -0.1) is 11.8 Å². The SMILES string of the molecule is COc1cccc(C(=O)N(CC2CCCO2)c2nc3ccc(SC)cc3s2)c1. The molecule has 1 aliphatic rings. The van der Waals surface area contributed by atoms with Gasteiger partial charge in [0.25, 0.3) is 5.91 Å². The number of amides is 1. The van der Waals surface area contributed by atoms with Gasteiger partial charge in [0.05, 0.1) is 30.0 Å². The van der Waals surface area contributed by atoms with E-state index in [9.17, 15) is 4.79 Å². The van der Waals surface area contributed by atoms with E-state index in [2.05, 4.69) is 18.4 Å². The van der Waals surface area contributed by atoms with Crippen LogP contribution in [-0.2, 0) is 4.74 Å². The van der Waals surface area contributed by atoms with Gasteiger partial charge in [-0.3, -0.25) is 9.69 Å². The van der Waals surface area contributed by atoms with E-state index in [0.29, 0.717) is 23.0 Å². The Hall–Kier alpha value is -2.09. The fourth-order valence-corrected chi connectivity index (χ4v) is 4.81. The van der Waals surface area contributed by atoms with Crippen molar-refractivity contribution in [2.24, 2.45) is 0 Å². The van der Waals surface area contributed by atoms with Crippen molar-refractivity contribution in [3.8, 4) is 5.75 Å². The average Bonchev–Trinajstić information content (AvgIpc) is 3.40. The first-order valence-corrected chi connectivity index (χ1v) is 11.2. The Morgan fingerprint density at radius 3 is 3.00 bits per heavy atom. The van der Waals surface area contributed by atoms with Crippen LogP contribution in [0.2, 0.25) is 0 Å². The van der Waals surface area contributed by atoms with Gasteiger partial charge in [-0.25, -0.2) is 4.98 Å². The first kappa shape index (κ1) is 19.2. The fourth-order valence-electron chi connectivity index (χ4n) is 3.29. The van der Waals surface area contributed by atoms with Crippen LogP contribution < -0.4 is 9.64 Å². The minimum absolute atomic E-state index is 0.0447. The molecule has 4 rings (SSSR count). The van der Waals surface area contributed by atoms with Crippen LogP contribution in [0.15, 0.2) is 47.4 Å². The van der Waals surface area contributed by atoms with Crippen LogP contribution in [0, 0.1) is 0 Å². The van der Waals surface area contributed by atoms with Crippen LogP contribution >= 0.6 is 23.1 Å². The highest BCUT2D eigenvalue weighted by Crippen LogP contribution is 2.33. The van der Waals surface area contributed by atoms with Gasteiger partial charge >= 0.3 is 0 Å². The van der Waals surface area contributed by atoms with Crippen molar-refractivity contribution in [2.45, 2.75) is 23.8 Å². The summed E-state index contributed by atoms with van der Waals surface area (Å²) in [5, 5.41) is 0.705. The van der Waals surface area contributed by atoms with Crippen molar-refractivity contribution in [2.75, 3.05) is 31.4 Å². The molecule has 1 aliphatic heterocycles. The smallest absolute Gasteiger partial charge is 0.260 e. The van der Waals surface area contributed by atoms with E-state index in [4.69, 9.17) is 14.5 Å². The summed E-state index contributed by atoms with van der Waals surface area (Å²) in [6, 6.07) is 13.5. The standard InChI is InChI=1S/C21H22N2O3S2/c1-25-15-6-3-5-14(11-15)20(24)23(13-16-7-4-10-26-16)21-22-18-9-8-17(27-2)12-19(18)28-21/h3,5-6,8-9,11-12,16H,4,7,10,13H2,1-2H3. The third-order valence-electron chi connectivity index (χ3n) is 4.79. The fraction of sp³-hybridized carbons (Fsp3) is 0.333. The average molecular weight is 415 g/mol. The van der Waals surface area contributed by atoms with Crippen LogP contribution in [-0.4, -0.2) is 43.5 Å². The zero-order chi connectivity index (χ0) is 19.5. The maximum absolute atomic E-state index is 13.4. The summed E-state index contributed by atoms with van der Waals surface area (Å²) in [6.45, 7) is 1.26. The largest absolute Gasteiger partial charge is 0.497 e. The molecule has 0 N–H and O–H groups in total. The van der Waals surface area contributed by atoms with E-state index in [1.54, 1.807) is 41.2 Å². The second-order valence-electron chi connectivity index (χ2n) is 6.61. The van der Waals surface area contributed by atoms with Crippen molar-refractivity contribution in [3.05, 3.63) is 48.0 Å². The molecule has 7 heteroatoms. The quantitative estimate of drug-likeness (QED) is 0.540. The number of ether oxygens (including phenoxy) is 2. The number of nitrogens with zero attached hydrogens (tertiary/aromatic N) is 2. The van der Waals surface area contributed by atoms with E-state index in [1.165, 1.54) is 4.90 Å². The number of carbonyl (C=O) groups excluding carboxylic acids is 1. The number of thiazole rings is 1. The van der Waals surface area contributed by atoms with Crippen molar-refractivity contribution < 1.29 is 14.3 Å². The molecular formula is C21H22N2O3S2. The number of aromatic nitrogens is 1. The first-order chi connectivity index (χ1) is 13.7. The predicted molar refractivity (Wildman–Crippen MR) is 115 cm³/mol. The Morgan fingerprint density at radius 1 is 1.36 bits per heavy atom. The molecule has 0 saturated carbocycles. The second kappa shape index (κ2) is 8.51. The molecule has 1 aromatic heterocycles. The van der Waals surface area contributed by atoms with Crippen molar-refractivity contribution in [1.82, 2.24) is 4.98 Å². The number of hydrogen-bond donors (Lipinski definition) is 0. The number of benzene rings is 2. The molecule has 1 atom stereocenters. The lowest BCUT2D eigenvalue weighted by molar-refractivity contribution is 0.0917. The number of anilines is 1. The molecule has 146 valence electrons. The minimum Gasteiger partial charge on any atom is -0.497 e. The monoisotopic (exact) mass is 414 g/mol. The number of methoxy groups -OCH3 is 1. The molecule has 3 aromatic rings. The van der Waals surface area contributed by atoms with Crippen LogP contribution in [0.1, 0.15) is 23.2 Å². The molecule has 1 unspecified atom stereocenters. The first-order valence-electron chi connectivity index (χ1n) is 9.20. The second-order valence-corrected chi connectivity index (χ2v) is 8.50. The van der Waals surface area contributed by atoms with Gasteiger partial charge in [0.2, 0.25) is 0 Å². The summed E-state index contributed by atoms with van der Waals surface area (Å²) in [5.74, 6) is 0.579. The molecule has 1 saturated heterocycles. The molecule has 0 radical (unpaired) electrons. The Bertz CT molecular complexity index is 983. The van der Waals surface area contributed by atoms with E-state index in [-0.39, 0.29) is 12.0 Å². The lowest BCUT2D eigenvalue weighted by atomic mass is 10.1. The summed E-state index contributed by atoms with van der Waals surface area (Å²) in [4.78, 5) is 21.1. The Kier molecular flexibility index (Phi) is 5.85. The van der Waals surface area contributed by atoms with Crippen molar-refractivity contribution >= 4 is 44.4 Å². The highest BCUT2D eigenvalue weighted by Gasteiger charge is 2.27. The normalized spacial score (nSPS) is 16.4. The minimum atomic E-state index is -0.0847. The van der Waals surface area contributed by atoms with Gasteiger partial charge in [-0.1, -0.05) is 17.4 Å². The van der Waals surface area contributed by atoms with Crippen LogP contribution in [0.5, 0.6) is 5.75 Å². The zero-order valence-electron chi connectivity index (χ0n) is 15.9. The molecule has 2 aromatic carbocycles.